The Labute approximate surface area is 162 Å². The maximum absolute atomic E-state index is 6.00. The molecule has 1 fully saturated rings. The van der Waals surface area contributed by atoms with Gasteiger partial charge in [0.2, 0.25) is 0 Å². The monoisotopic (exact) mass is 450 g/mol. The van der Waals surface area contributed by atoms with Gasteiger partial charge in [0.15, 0.2) is 5.96 Å². The van der Waals surface area contributed by atoms with E-state index in [-0.39, 0.29) is 24.0 Å². The quantitative estimate of drug-likeness (QED) is 0.289. The summed E-state index contributed by atoms with van der Waals surface area (Å²) >= 11 is 6.00. The zero-order valence-corrected chi connectivity index (χ0v) is 16.9. The second-order valence-electron chi connectivity index (χ2n) is 5.65. The van der Waals surface area contributed by atoms with Gasteiger partial charge in [-0.25, -0.2) is 4.99 Å². The van der Waals surface area contributed by atoms with Crippen molar-refractivity contribution in [1.29, 1.82) is 0 Å². The molecule has 0 radical (unpaired) electrons. The summed E-state index contributed by atoms with van der Waals surface area (Å²) in [6, 6.07) is 7.86. The van der Waals surface area contributed by atoms with Crippen molar-refractivity contribution in [1.82, 2.24) is 15.5 Å². The summed E-state index contributed by atoms with van der Waals surface area (Å²) in [6.45, 7) is 8.26. The standard InChI is InChI=1S/C17H27ClN4.HI/c1-2-19-17(20-9-6-12-22-10-3-4-11-22)21-14-15-7-5-8-16(18)13-15;/h5,7-8,13H,2-4,6,9-12,14H2,1H3,(H2,19,20,21);1H. The van der Waals surface area contributed by atoms with Crippen LogP contribution in [0.1, 0.15) is 31.7 Å². The molecule has 0 amide bonds. The maximum atomic E-state index is 6.00. The van der Waals surface area contributed by atoms with Crippen molar-refractivity contribution in [3.8, 4) is 0 Å². The lowest BCUT2D eigenvalue weighted by Crippen LogP contribution is -2.38. The minimum Gasteiger partial charge on any atom is -0.357 e. The molecule has 0 aliphatic carbocycles. The van der Waals surface area contributed by atoms with Crippen molar-refractivity contribution in [2.45, 2.75) is 32.7 Å². The number of likely N-dealkylation sites (tertiary alicyclic amines) is 1. The number of benzene rings is 1. The third-order valence-corrected chi connectivity index (χ3v) is 4.03. The fraction of sp³-hybridized carbons (Fsp3) is 0.588. The van der Waals surface area contributed by atoms with Crippen LogP contribution in [0.4, 0.5) is 0 Å². The highest BCUT2D eigenvalue weighted by atomic mass is 127. The van der Waals surface area contributed by atoms with E-state index in [0.29, 0.717) is 6.54 Å². The van der Waals surface area contributed by atoms with Crippen LogP contribution in [0, 0.1) is 0 Å². The highest BCUT2D eigenvalue weighted by Crippen LogP contribution is 2.11. The molecule has 0 spiro atoms. The van der Waals surface area contributed by atoms with Crippen LogP contribution in [-0.2, 0) is 6.54 Å². The predicted molar refractivity (Wildman–Crippen MR) is 110 cm³/mol. The summed E-state index contributed by atoms with van der Waals surface area (Å²) in [6.07, 6.45) is 3.87. The first-order valence-electron chi connectivity index (χ1n) is 8.27. The van der Waals surface area contributed by atoms with E-state index in [1.807, 2.05) is 24.3 Å². The van der Waals surface area contributed by atoms with Gasteiger partial charge >= 0.3 is 0 Å². The molecular weight excluding hydrogens is 423 g/mol. The van der Waals surface area contributed by atoms with Gasteiger partial charge in [0.1, 0.15) is 0 Å². The molecular formula is C17H28ClIN4. The van der Waals surface area contributed by atoms with Crippen molar-refractivity contribution in [3.05, 3.63) is 34.9 Å². The molecule has 0 bridgehead atoms. The van der Waals surface area contributed by atoms with Gasteiger partial charge in [0.25, 0.3) is 0 Å². The molecule has 1 saturated heterocycles. The van der Waals surface area contributed by atoms with E-state index in [0.717, 1.165) is 36.1 Å². The average molecular weight is 451 g/mol. The summed E-state index contributed by atoms with van der Waals surface area (Å²) in [5.74, 6) is 0.879. The van der Waals surface area contributed by atoms with Crippen molar-refractivity contribution >= 4 is 41.5 Å². The Morgan fingerprint density at radius 1 is 1.26 bits per heavy atom. The number of rotatable bonds is 7. The van der Waals surface area contributed by atoms with Crippen LogP contribution >= 0.6 is 35.6 Å². The van der Waals surface area contributed by atoms with E-state index in [1.54, 1.807) is 0 Å². The van der Waals surface area contributed by atoms with Gasteiger partial charge in [-0.1, -0.05) is 23.7 Å². The normalized spacial score (nSPS) is 15.3. The first kappa shape index (κ1) is 20.5. The van der Waals surface area contributed by atoms with Crippen LogP contribution in [0.5, 0.6) is 0 Å². The molecule has 1 aromatic rings. The van der Waals surface area contributed by atoms with Crippen molar-refractivity contribution in [2.24, 2.45) is 4.99 Å². The van der Waals surface area contributed by atoms with E-state index < -0.39 is 0 Å². The molecule has 1 aliphatic rings. The Morgan fingerprint density at radius 3 is 2.74 bits per heavy atom. The van der Waals surface area contributed by atoms with Crippen LogP contribution in [0.25, 0.3) is 0 Å². The minimum atomic E-state index is 0. The van der Waals surface area contributed by atoms with Crippen molar-refractivity contribution < 1.29 is 0 Å². The Bertz CT molecular complexity index is 475. The van der Waals surface area contributed by atoms with E-state index in [9.17, 15) is 0 Å². The molecule has 1 aliphatic heterocycles. The van der Waals surface area contributed by atoms with Gasteiger partial charge in [0.05, 0.1) is 6.54 Å². The first-order chi connectivity index (χ1) is 10.8. The third kappa shape index (κ3) is 8.22. The van der Waals surface area contributed by atoms with E-state index in [2.05, 4.69) is 27.4 Å². The second-order valence-corrected chi connectivity index (χ2v) is 6.09. The fourth-order valence-corrected chi connectivity index (χ4v) is 2.88. The van der Waals surface area contributed by atoms with Gasteiger partial charge in [-0.15, -0.1) is 24.0 Å². The van der Waals surface area contributed by atoms with E-state index in [1.165, 1.54) is 32.5 Å². The first-order valence-corrected chi connectivity index (χ1v) is 8.64. The summed E-state index contributed by atoms with van der Waals surface area (Å²) < 4.78 is 0. The number of hydrogen-bond donors (Lipinski definition) is 2. The SMILES string of the molecule is CCNC(=NCc1cccc(Cl)c1)NCCCN1CCCC1.I. The Balaban J connectivity index is 0.00000264. The molecule has 4 nitrogen and oxygen atoms in total. The summed E-state index contributed by atoms with van der Waals surface area (Å²) in [5, 5.41) is 7.46. The summed E-state index contributed by atoms with van der Waals surface area (Å²) in [4.78, 5) is 7.16. The third-order valence-electron chi connectivity index (χ3n) is 3.80. The van der Waals surface area contributed by atoms with Crippen molar-refractivity contribution in [2.75, 3.05) is 32.7 Å². The predicted octanol–water partition coefficient (Wildman–Crippen LogP) is 3.50. The molecule has 23 heavy (non-hydrogen) atoms. The van der Waals surface area contributed by atoms with Crippen LogP contribution in [0.3, 0.4) is 0 Å². The molecule has 1 aromatic carbocycles. The fourth-order valence-electron chi connectivity index (χ4n) is 2.66. The van der Waals surface area contributed by atoms with E-state index >= 15 is 0 Å². The van der Waals surface area contributed by atoms with Gasteiger partial charge in [0, 0.05) is 18.1 Å². The Morgan fingerprint density at radius 2 is 2.04 bits per heavy atom. The Kier molecular flexibility index (Phi) is 10.6. The summed E-state index contributed by atoms with van der Waals surface area (Å²) in [7, 11) is 0. The molecule has 130 valence electrons. The highest BCUT2D eigenvalue weighted by molar-refractivity contribution is 14.0. The second kappa shape index (κ2) is 11.9. The highest BCUT2D eigenvalue weighted by Gasteiger charge is 2.10. The molecule has 0 atom stereocenters. The zero-order chi connectivity index (χ0) is 15.6. The molecule has 1 heterocycles. The lowest BCUT2D eigenvalue weighted by Gasteiger charge is -2.15. The smallest absolute Gasteiger partial charge is 0.191 e. The number of guanidine groups is 1. The van der Waals surface area contributed by atoms with Gasteiger partial charge in [-0.2, -0.15) is 0 Å². The number of nitrogens with zero attached hydrogens (tertiary/aromatic N) is 2. The molecule has 0 saturated carbocycles. The summed E-state index contributed by atoms with van der Waals surface area (Å²) in [5.41, 5.74) is 1.13. The molecule has 6 heteroatoms. The van der Waals surface area contributed by atoms with E-state index in [4.69, 9.17) is 11.6 Å². The lowest BCUT2D eigenvalue weighted by molar-refractivity contribution is 0.334. The van der Waals surface area contributed by atoms with Gasteiger partial charge in [-0.05, 0) is 63.5 Å². The molecule has 0 aromatic heterocycles. The van der Waals surface area contributed by atoms with Crippen LogP contribution in [-0.4, -0.2) is 43.6 Å². The largest absolute Gasteiger partial charge is 0.357 e. The van der Waals surface area contributed by atoms with Crippen molar-refractivity contribution in [3.63, 3.8) is 0 Å². The maximum Gasteiger partial charge on any atom is 0.191 e. The average Bonchev–Trinajstić information content (AvgIpc) is 3.02. The zero-order valence-electron chi connectivity index (χ0n) is 13.9. The van der Waals surface area contributed by atoms with Crippen LogP contribution in [0.15, 0.2) is 29.3 Å². The minimum absolute atomic E-state index is 0. The lowest BCUT2D eigenvalue weighted by atomic mass is 10.2. The van der Waals surface area contributed by atoms with Gasteiger partial charge in [-0.3, -0.25) is 0 Å². The van der Waals surface area contributed by atoms with Gasteiger partial charge < -0.3 is 15.5 Å². The number of nitrogens with one attached hydrogen (secondary N) is 2. The molecule has 2 rings (SSSR count). The van der Waals surface area contributed by atoms with Crippen LogP contribution in [0.2, 0.25) is 5.02 Å². The van der Waals surface area contributed by atoms with Crippen LogP contribution < -0.4 is 10.6 Å². The number of aliphatic imine (C=N–C) groups is 1. The number of hydrogen-bond acceptors (Lipinski definition) is 2. The molecule has 2 N–H and O–H groups in total. The Hall–Kier alpha value is -0.530. The number of halogens is 2. The molecule has 0 unspecified atom stereocenters. The topological polar surface area (TPSA) is 39.7 Å².